The first kappa shape index (κ1) is 13.0. The molecule has 0 fully saturated rings. The summed E-state index contributed by atoms with van der Waals surface area (Å²) in [4.78, 5) is 9.94. The third-order valence-electron chi connectivity index (χ3n) is 3.01. The van der Waals surface area contributed by atoms with Crippen molar-refractivity contribution in [3.05, 3.63) is 43.1 Å². The maximum Gasteiger partial charge on any atom is 0.244 e. The van der Waals surface area contributed by atoms with Crippen molar-refractivity contribution in [2.24, 2.45) is 0 Å². The predicted octanol–water partition coefficient (Wildman–Crippen LogP) is 1.50. The smallest absolute Gasteiger partial charge is 0.244 e. The standard InChI is InChI=1S/C14H14N6O/c1-19(2)14-16-8-12(17-18-14)11-4-3-10(7-13(11)21)20-6-5-15-9-20/h3-9,21H,1-2H3. The molecule has 0 aliphatic rings. The van der Waals surface area contributed by atoms with E-state index in [0.717, 1.165) is 5.69 Å². The molecule has 2 heterocycles. The average Bonchev–Trinajstić information content (AvgIpc) is 3.01. The number of benzene rings is 1. The molecule has 7 heteroatoms. The summed E-state index contributed by atoms with van der Waals surface area (Å²) in [6, 6.07) is 5.31. The molecular weight excluding hydrogens is 268 g/mol. The topological polar surface area (TPSA) is 80.0 Å². The van der Waals surface area contributed by atoms with Gasteiger partial charge in [0.1, 0.15) is 11.4 Å². The van der Waals surface area contributed by atoms with Gasteiger partial charge in [-0.1, -0.05) is 0 Å². The Bertz CT molecular complexity index is 737. The van der Waals surface area contributed by atoms with Crippen LogP contribution >= 0.6 is 0 Å². The van der Waals surface area contributed by atoms with E-state index < -0.39 is 0 Å². The number of hydrogen-bond acceptors (Lipinski definition) is 6. The highest BCUT2D eigenvalue weighted by molar-refractivity contribution is 5.68. The first-order valence-electron chi connectivity index (χ1n) is 6.34. The van der Waals surface area contributed by atoms with Gasteiger partial charge in [0, 0.05) is 38.1 Å². The van der Waals surface area contributed by atoms with E-state index in [2.05, 4.69) is 20.2 Å². The van der Waals surface area contributed by atoms with Crippen LogP contribution in [0.4, 0.5) is 5.95 Å². The van der Waals surface area contributed by atoms with Crippen LogP contribution in [-0.2, 0) is 0 Å². The van der Waals surface area contributed by atoms with Gasteiger partial charge in [0.05, 0.1) is 18.2 Å². The van der Waals surface area contributed by atoms with E-state index >= 15 is 0 Å². The molecule has 0 atom stereocenters. The summed E-state index contributed by atoms with van der Waals surface area (Å²) >= 11 is 0. The third-order valence-corrected chi connectivity index (χ3v) is 3.01. The van der Waals surface area contributed by atoms with E-state index in [1.54, 1.807) is 35.8 Å². The molecular formula is C14H14N6O. The maximum atomic E-state index is 10.2. The number of nitrogens with zero attached hydrogens (tertiary/aromatic N) is 6. The number of aromatic hydroxyl groups is 1. The molecule has 0 saturated carbocycles. The Hall–Kier alpha value is -2.96. The molecule has 0 radical (unpaired) electrons. The summed E-state index contributed by atoms with van der Waals surface area (Å²) in [5, 5.41) is 18.3. The Kier molecular flexibility index (Phi) is 3.23. The lowest BCUT2D eigenvalue weighted by Crippen LogP contribution is -2.13. The fourth-order valence-electron chi connectivity index (χ4n) is 1.91. The van der Waals surface area contributed by atoms with Crippen molar-refractivity contribution in [3.63, 3.8) is 0 Å². The Balaban J connectivity index is 1.96. The van der Waals surface area contributed by atoms with Crippen LogP contribution in [0, 0.1) is 0 Å². The van der Waals surface area contributed by atoms with Crippen molar-refractivity contribution in [1.29, 1.82) is 0 Å². The van der Waals surface area contributed by atoms with Crippen LogP contribution in [0.3, 0.4) is 0 Å². The van der Waals surface area contributed by atoms with Crippen molar-refractivity contribution < 1.29 is 5.11 Å². The number of aromatic nitrogens is 5. The largest absolute Gasteiger partial charge is 0.507 e. The van der Waals surface area contributed by atoms with Crippen molar-refractivity contribution >= 4 is 5.95 Å². The van der Waals surface area contributed by atoms with Gasteiger partial charge in [0.25, 0.3) is 0 Å². The van der Waals surface area contributed by atoms with E-state index in [4.69, 9.17) is 0 Å². The Morgan fingerprint density at radius 2 is 2.05 bits per heavy atom. The minimum Gasteiger partial charge on any atom is -0.507 e. The van der Waals surface area contributed by atoms with Gasteiger partial charge in [-0.05, 0) is 12.1 Å². The van der Waals surface area contributed by atoms with Crippen LogP contribution in [0.25, 0.3) is 16.9 Å². The summed E-state index contributed by atoms with van der Waals surface area (Å²) in [6.07, 6.45) is 6.75. The van der Waals surface area contributed by atoms with E-state index in [1.165, 1.54) is 0 Å². The highest BCUT2D eigenvalue weighted by Gasteiger charge is 2.09. The zero-order valence-corrected chi connectivity index (χ0v) is 11.7. The van der Waals surface area contributed by atoms with Gasteiger partial charge in [-0.2, -0.15) is 0 Å². The molecule has 7 nitrogen and oxygen atoms in total. The second-order valence-corrected chi connectivity index (χ2v) is 4.71. The van der Waals surface area contributed by atoms with Crippen molar-refractivity contribution in [3.8, 4) is 22.7 Å². The first-order chi connectivity index (χ1) is 10.1. The molecule has 1 aromatic carbocycles. The molecule has 2 aromatic heterocycles. The zero-order chi connectivity index (χ0) is 14.8. The number of hydrogen-bond donors (Lipinski definition) is 1. The van der Waals surface area contributed by atoms with Crippen molar-refractivity contribution in [2.75, 3.05) is 19.0 Å². The summed E-state index contributed by atoms with van der Waals surface area (Å²) < 4.78 is 1.81. The van der Waals surface area contributed by atoms with Gasteiger partial charge in [-0.15, -0.1) is 10.2 Å². The molecule has 0 aliphatic heterocycles. The Morgan fingerprint density at radius 1 is 1.19 bits per heavy atom. The lowest BCUT2D eigenvalue weighted by atomic mass is 10.1. The zero-order valence-electron chi connectivity index (χ0n) is 11.7. The number of imidazole rings is 1. The molecule has 0 bridgehead atoms. The summed E-state index contributed by atoms with van der Waals surface area (Å²) in [5.41, 5.74) is 1.93. The van der Waals surface area contributed by atoms with Gasteiger partial charge in [-0.3, -0.25) is 0 Å². The summed E-state index contributed by atoms with van der Waals surface area (Å²) in [5.74, 6) is 0.642. The average molecular weight is 282 g/mol. The minimum atomic E-state index is 0.120. The predicted molar refractivity (Wildman–Crippen MR) is 78.4 cm³/mol. The summed E-state index contributed by atoms with van der Waals surface area (Å²) in [7, 11) is 3.68. The van der Waals surface area contributed by atoms with Crippen LogP contribution < -0.4 is 4.90 Å². The number of rotatable bonds is 3. The SMILES string of the molecule is CN(C)c1ncc(-c2ccc(-n3ccnc3)cc2O)nn1. The lowest BCUT2D eigenvalue weighted by molar-refractivity contribution is 0.476. The highest BCUT2D eigenvalue weighted by Crippen LogP contribution is 2.29. The van der Waals surface area contributed by atoms with E-state index in [9.17, 15) is 5.11 Å². The van der Waals surface area contributed by atoms with Crippen LogP contribution in [-0.4, -0.2) is 43.9 Å². The molecule has 0 aliphatic carbocycles. The van der Waals surface area contributed by atoms with Gasteiger partial charge in [0.15, 0.2) is 0 Å². The van der Waals surface area contributed by atoms with Crippen LogP contribution in [0.1, 0.15) is 0 Å². The van der Waals surface area contributed by atoms with Crippen molar-refractivity contribution in [1.82, 2.24) is 24.7 Å². The van der Waals surface area contributed by atoms with Gasteiger partial charge in [0.2, 0.25) is 5.95 Å². The molecule has 3 rings (SSSR count). The van der Waals surface area contributed by atoms with Crippen LogP contribution in [0.15, 0.2) is 43.1 Å². The van der Waals surface area contributed by atoms with Crippen LogP contribution in [0.2, 0.25) is 0 Å². The van der Waals surface area contributed by atoms with Crippen LogP contribution in [0.5, 0.6) is 5.75 Å². The normalized spacial score (nSPS) is 10.6. The van der Waals surface area contributed by atoms with E-state index in [1.807, 2.05) is 30.9 Å². The fourth-order valence-corrected chi connectivity index (χ4v) is 1.91. The minimum absolute atomic E-state index is 0.120. The molecule has 21 heavy (non-hydrogen) atoms. The Labute approximate surface area is 121 Å². The molecule has 3 aromatic rings. The van der Waals surface area contributed by atoms with Gasteiger partial charge < -0.3 is 14.6 Å². The number of phenolic OH excluding ortho intramolecular Hbond substituents is 1. The monoisotopic (exact) mass is 282 g/mol. The fraction of sp³-hybridized carbons (Fsp3) is 0.143. The Morgan fingerprint density at radius 3 is 2.62 bits per heavy atom. The first-order valence-corrected chi connectivity index (χ1v) is 6.34. The molecule has 0 spiro atoms. The highest BCUT2D eigenvalue weighted by atomic mass is 16.3. The molecule has 0 saturated heterocycles. The molecule has 0 unspecified atom stereocenters. The molecule has 106 valence electrons. The van der Waals surface area contributed by atoms with E-state index in [-0.39, 0.29) is 5.75 Å². The van der Waals surface area contributed by atoms with Gasteiger partial charge >= 0.3 is 0 Å². The number of anilines is 1. The van der Waals surface area contributed by atoms with Gasteiger partial charge in [-0.25, -0.2) is 9.97 Å². The second-order valence-electron chi connectivity index (χ2n) is 4.71. The quantitative estimate of drug-likeness (QED) is 0.784. The molecule has 0 amide bonds. The summed E-state index contributed by atoms with van der Waals surface area (Å²) in [6.45, 7) is 0. The maximum absolute atomic E-state index is 10.2. The van der Waals surface area contributed by atoms with E-state index in [0.29, 0.717) is 17.2 Å². The lowest BCUT2D eigenvalue weighted by Gasteiger charge is -2.10. The molecule has 1 N–H and O–H groups in total. The number of phenols is 1. The van der Waals surface area contributed by atoms with Crippen molar-refractivity contribution in [2.45, 2.75) is 0 Å². The third kappa shape index (κ3) is 2.53. The second kappa shape index (κ2) is 5.20.